The number of halogens is 1. The van der Waals surface area contributed by atoms with Gasteiger partial charge in [-0.3, -0.25) is 14.2 Å². The van der Waals surface area contributed by atoms with Crippen LogP contribution < -0.4 is 10.3 Å². The number of aromatic nitrogens is 2. The number of aryl methyl sites for hydroxylation is 1. The average molecular weight is 456 g/mol. The third-order valence-corrected chi connectivity index (χ3v) is 5.92. The molecule has 0 aliphatic carbocycles. The standard InChI is InChI=1S/C22H22BrN3O3/c1-29-17-7-4-15(5-8-17)20-3-2-11-26(20)21(27)10-12-25-14-24-19-9-6-16(23)13-18(19)22(25)28/h4-9,13-14,20H,2-3,10-12H2,1H3. The highest BCUT2D eigenvalue weighted by molar-refractivity contribution is 9.10. The van der Waals surface area contributed by atoms with Crippen molar-refractivity contribution in [3.8, 4) is 5.75 Å². The van der Waals surface area contributed by atoms with E-state index in [1.807, 2.05) is 35.2 Å². The molecule has 1 fully saturated rings. The van der Waals surface area contributed by atoms with Crippen molar-refractivity contribution in [2.24, 2.45) is 0 Å². The van der Waals surface area contributed by atoms with Crippen LogP contribution >= 0.6 is 15.9 Å². The molecule has 29 heavy (non-hydrogen) atoms. The number of amides is 1. The molecular weight excluding hydrogens is 434 g/mol. The van der Waals surface area contributed by atoms with E-state index in [4.69, 9.17) is 4.74 Å². The summed E-state index contributed by atoms with van der Waals surface area (Å²) in [6.07, 6.45) is 3.72. The minimum absolute atomic E-state index is 0.0598. The van der Waals surface area contributed by atoms with Gasteiger partial charge in [0.1, 0.15) is 5.75 Å². The Balaban J connectivity index is 1.48. The number of methoxy groups -OCH3 is 1. The molecule has 0 bridgehead atoms. The van der Waals surface area contributed by atoms with E-state index in [0.717, 1.165) is 35.2 Å². The summed E-state index contributed by atoms with van der Waals surface area (Å²) in [4.78, 5) is 31.9. The van der Waals surface area contributed by atoms with Crippen molar-refractivity contribution in [1.82, 2.24) is 14.5 Å². The normalized spacial score (nSPS) is 16.3. The summed E-state index contributed by atoms with van der Waals surface area (Å²) in [6, 6.07) is 13.4. The summed E-state index contributed by atoms with van der Waals surface area (Å²) in [7, 11) is 1.64. The lowest BCUT2D eigenvalue weighted by Crippen LogP contribution is -2.32. The van der Waals surface area contributed by atoms with E-state index >= 15 is 0 Å². The highest BCUT2D eigenvalue weighted by Gasteiger charge is 2.29. The molecule has 3 aromatic rings. The number of hydrogen-bond acceptors (Lipinski definition) is 4. The average Bonchev–Trinajstić information content (AvgIpc) is 3.23. The van der Waals surface area contributed by atoms with Crippen LogP contribution in [-0.4, -0.2) is 34.0 Å². The third kappa shape index (κ3) is 4.05. The first-order valence-corrected chi connectivity index (χ1v) is 10.4. The number of likely N-dealkylation sites (tertiary alicyclic amines) is 1. The number of hydrogen-bond donors (Lipinski definition) is 0. The van der Waals surface area contributed by atoms with Gasteiger partial charge in [0.2, 0.25) is 5.91 Å². The van der Waals surface area contributed by atoms with Crippen molar-refractivity contribution in [2.75, 3.05) is 13.7 Å². The molecule has 6 nitrogen and oxygen atoms in total. The molecule has 7 heteroatoms. The summed E-state index contributed by atoms with van der Waals surface area (Å²) in [5, 5.41) is 0.548. The van der Waals surface area contributed by atoms with E-state index in [0.29, 0.717) is 17.4 Å². The highest BCUT2D eigenvalue weighted by Crippen LogP contribution is 2.33. The van der Waals surface area contributed by atoms with Gasteiger partial charge in [0, 0.05) is 24.0 Å². The molecule has 0 radical (unpaired) electrons. The van der Waals surface area contributed by atoms with Crippen LogP contribution in [0.5, 0.6) is 5.75 Å². The quantitative estimate of drug-likeness (QED) is 0.584. The molecule has 1 aliphatic heterocycles. The summed E-state index contributed by atoms with van der Waals surface area (Å²) in [5.74, 6) is 0.865. The van der Waals surface area contributed by atoms with Crippen molar-refractivity contribution in [3.05, 3.63) is 69.2 Å². The van der Waals surface area contributed by atoms with E-state index in [9.17, 15) is 9.59 Å². The largest absolute Gasteiger partial charge is 0.497 e. The monoisotopic (exact) mass is 455 g/mol. The van der Waals surface area contributed by atoms with Crippen LogP contribution in [0.2, 0.25) is 0 Å². The maximum atomic E-state index is 12.9. The van der Waals surface area contributed by atoms with Crippen molar-refractivity contribution in [3.63, 3.8) is 0 Å². The van der Waals surface area contributed by atoms with Crippen molar-refractivity contribution in [1.29, 1.82) is 0 Å². The predicted molar refractivity (Wildman–Crippen MR) is 115 cm³/mol. The Morgan fingerprint density at radius 2 is 2.03 bits per heavy atom. The zero-order valence-corrected chi connectivity index (χ0v) is 17.8. The Kier molecular flexibility index (Phi) is 5.67. The Morgan fingerprint density at radius 3 is 2.79 bits per heavy atom. The molecule has 1 amide bonds. The number of carbonyl (C=O) groups is 1. The fraction of sp³-hybridized carbons (Fsp3) is 0.318. The zero-order valence-electron chi connectivity index (χ0n) is 16.2. The fourth-order valence-electron chi connectivity index (χ4n) is 3.89. The SMILES string of the molecule is COc1ccc(C2CCCN2C(=O)CCn2cnc3ccc(Br)cc3c2=O)cc1. The van der Waals surface area contributed by atoms with Crippen molar-refractivity contribution < 1.29 is 9.53 Å². The molecule has 1 unspecified atom stereocenters. The molecule has 1 aromatic heterocycles. The third-order valence-electron chi connectivity index (χ3n) is 5.43. The van der Waals surface area contributed by atoms with Crippen LogP contribution in [0.3, 0.4) is 0 Å². The number of carbonyl (C=O) groups excluding carboxylic acids is 1. The second-order valence-corrected chi connectivity index (χ2v) is 8.09. The second-order valence-electron chi connectivity index (χ2n) is 7.17. The summed E-state index contributed by atoms with van der Waals surface area (Å²) < 4.78 is 7.57. The van der Waals surface area contributed by atoms with Crippen LogP contribution in [-0.2, 0) is 11.3 Å². The Labute approximate surface area is 177 Å². The van der Waals surface area contributed by atoms with Gasteiger partial charge in [-0.1, -0.05) is 28.1 Å². The second kappa shape index (κ2) is 8.37. The first-order chi connectivity index (χ1) is 14.1. The van der Waals surface area contributed by atoms with Gasteiger partial charge in [-0.25, -0.2) is 4.98 Å². The predicted octanol–water partition coefficient (Wildman–Crippen LogP) is 3.92. The number of ether oxygens (including phenoxy) is 1. The van der Waals surface area contributed by atoms with E-state index in [-0.39, 0.29) is 23.9 Å². The Morgan fingerprint density at radius 1 is 1.24 bits per heavy atom. The summed E-state index contributed by atoms with van der Waals surface area (Å²) in [5.41, 5.74) is 1.64. The summed E-state index contributed by atoms with van der Waals surface area (Å²) in [6.45, 7) is 1.06. The minimum atomic E-state index is -0.128. The Bertz CT molecular complexity index is 1090. The van der Waals surface area contributed by atoms with Crippen LogP contribution in [0.25, 0.3) is 10.9 Å². The van der Waals surface area contributed by atoms with Gasteiger partial charge in [0.05, 0.1) is 30.4 Å². The highest BCUT2D eigenvalue weighted by atomic mass is 79.9. The maximum Gasteiger partial charge on any atom is 0.261 e. The number of fused-ring (bicyclic) bond motifs is 1. The lowest BCUT2D eigenvalue weighted by molar-refractivity contribution is -0.132. The molecule has 1 aliphatic rings. The van der Waals surface area contributed by atoms with E-state index < -0.39 is 0 Å². The van der Waals surface area contributed by atoms with E-state index in [2.05, 4.69) is 20.9 Å². The molecule has 150 valence electrons. The maximum absolute atomic E-state index is 12.9. The molecule has 1 atom stereocenters. The lowest BCUT2D eigenvalue weighted by Gasteiger charge is -2.25. The number of nitrogens with zero attached hydrogens (tertiary/aromatic N) is 3. The van der Waals surface area contributed by atoms with Gasteiger partial charge in [0.25, 0.3) is 5.56 Å². The van der Waals surface area contributed by atoms with E-state index in [1.54, 1.807) is 19.2 Å². The molecule has 0 spiro atoms. The topological polar surface area (TPSA) is 64.4 Å². The van der Waals surface area contributed by atoms with Gasteiger partial charge in [-0.15, -0.1) is 0 Å². The number of benzene rings is 2. The van der Waals surface area contributed by atoms with Gasteiger partial charge in [-0.2, -0.15) is 0 Å². The first kappa shape index (κ1) is 19.6. The molecule has 2 heterocycles. The van der Waals surface area contributed by atoms with Gasteiger partial charge in [-0.05, 0) is 48.7 Å². The molecule has 4 rings (SSSR count). The van der Waals surface area contributed by atoms with Crippen molar-refractivity contribution in [2.45, 2.75) is 31.8 Å². The molecular formula is C22H22BrN3O3. The molecule has 1 saturated heterocycles. The van der Waals surface area contributed by atoms with Gasteiger partial charge < -0.3 is 9.64 Å². The van der Waals surface area contributed by atoms with Crippen molar-refractivity contribution >= 4 is 32.7 Å². The smallest absolute Gasteiger partial charge is 0.261 e. The minimum Gasteiger partial charge on any atom is -0.497 e. The first-order valence-electron chi connectivity index (χ1n) is 9.65. The van der Waals surface area contributed by atoms with Crippen LogP contribution in [0.4, 0.5) is 0 Å². The molecule has 0 saturated carbocycles. The van der Waals surface area contributed by atoms with Crippen LogP contribution in [0.1, 0.15) is 30.9 Å². The van der Waals surface area contributed by atoms with Crippen LogP contribution in [0, 0.1) is 0 Å². The summed E-state index contributed by atoms with van der Waals surface area (Å²) >= 11 is 3.39. The molecule has 0 N–H and O–H groups in total. The van der Waals surface area contributed by atoms with Gasteiger partial charge >= 0.3 is 0 Å². The Hall–Kier alpha value is -2.67. The fourth-order valence-corrected chi connectivity index (χ4v) is 4.25. The molecule has 2 aromatic carbocycles. The van der Waals surface area contributed by atoms with E-state index in [1.165, 1.54) is 10.9 Å². The lowest BCUT2D eigenvalue weighted by atomic mass is 10.0. The zero-order chi connectivity index (χ0) is 20.4. The van der Waals surface area contributed by atoms with Gasteiger partial charge in [0.15, 0.2) is 0 Å². The number of rotatable bonds is 5. The van der Waals surface area contributed by atoms with Crippen LogP contribution in [0.15, 0.2) is 58.1 Å².